The molecule has 0 saturated heterocycles. The number of phenols is 2. The highest BCUT2D eigenvalue weighted by Crippen LogP contribution is 2.55. The summed E-state index contributed by atoms with van der Waals surface area (Å²) in [6, 6.07) is 2.09. The van der Waals surface area contributed by atoms with Gasteiger partial charge in [0, 0.05) is 28.5 Å². The molecule has 2 atom stereocenters. The summed E-state index contributed by atoms with van der Waals surface area (Å²) in [5, 5.41) is 24.1. The predicted molar refractivity (Wildman–Crippen MR) is 232 cm³/mol. The Bertz CT molecular complexity index is 1500. The molecule has 1 aromatic carbocycles. The first kappa shape index (κ1) is 46.6. The Labute approximate surface area is 334 Å². The normalized spacial score (nSPS) is 20.2. The van der Waals surface area contributed by atoms with E-state index in [2.05, 4.69) is 150 Å². The van der Waals surface area contributed by atoms with Crippen LogP contribution in [0.25, 0.3) is 0 Å². The fourth-order valence-electron chi connectivity index (χ4n) is 13.3. The van der Waals surface area contributed by atoms with Gasteiger partial charge in [-0.25, -0.2) is 0 Å². The summed E-state index contributed by atoms with van der Waals surface area (Å²) in [5.41, 5.74) is 5.80. The molecule has 2 unspecified atom stereocenters. The number of ether oxygens (including phenoxy) is 2. The van der Waals surface area contributed by atoms with Gasteiger partial charge in [0.25, 0.3) is 0 Å². The van der Waals surface area contributed by atoms with E-state index in [-0.39, 0.29) is 55.8 Å². The molecule has 0 radical (unpaired) electrons. The van der Waals surface area contributed by atoms with Crippen molar-refractivity contribution in [3.05, 3.63) is 46.1 Å². The number of rotatable bonds is 16. The Balaban J connectivity index is 1.85. The number of phenolic OH excluding ortho intramolecular Hbond substituents is 2. The molecule has 3 rings (SSSR count). The Hall–Kier alpha value is -1.78. The van der Waals surface area contributed by atoms with Gasteiger partial charge >= 0.3 is 0 Å². The van der Waals surface area contributed by atoms with Crippen LogP contribution in [-0.4, -0.2) is 36.6 Å². The van der Waals surface area contributed by atoms with Crippen molar-refractivity contribution in [3.8, 4) is 11.5 Å². The van der Waals surface area contributed by atoms with E-state index in [0.717, 1.165) is 36.0 Å². The minimum Gasteiger partial charge on any atom is -0.507 e. The third-order valence-electron chi connectivity index (χ3n) is 12.2. The summed E-state index contributed by atoms with van der Waals surface area (Å²) in [4.78, 5) is 0. The van der Waals surface area contributed by atoms with E-state index < -0.39 is 0 Å². The number of aromatic hydroxyl groups is 2. The highest BCUT2D eigenvalue weighted by Gasteiger charge is 2.43. The molecule has 54 heavy (non-hydrogen) atoms. The lowest BCUT2D eigenvalue weighted by atomic mass is 9.59. The highest BCUT2D eigenvalue weighted by atomic mass is 16.5. The summed E-state index contributed by atoms with van der Waals surface area (Å²) in [5.74, 6) is 0.147. The van der Waals surface area contributed by atoms with Crippen molar-refractivity contribution < 1.29 is 19.7 Å². The number of hydrogen-bond donors (Lipinski definition) is 2. The number of hydrogen-bond acceptors (Lipinski definition) is 4. The second-order valence-corrected chi connectivity index (χ2v) is 24.9. The van der Waals surface area contributed by atoms with E-state index in [4.69, 9.17) is 9.47 Å². The first-order valence-corrected chi connectivity index (χ1v) is 21.2. The van der Waals surface area contributed by atoms with Crippen molar-refractivity contribution in [3.63, 3.8) is 0 Å². The zero-order chi connectivity index (χ0) is 41.5. The topological polar surface area (TPSA) is 58.9 Å². The summed E-state index contributed by atoms with van der Waals surface area (Å²) in [6.07, 6.45) is 12.2. The van der Waals surface area contributed by atoms with Gasteiger partial charge in [-0.05, 0) is 108 Å². The molecule has 1 aromatic rings. The van der Waals surface area contributed by atoms with Crippen molar-refractivity contribution in [2.24, 2.45) is 37.9 Å². The van der Waals surface area contributed by atoms with E-state index in [0.29, 0.717) is 42.8 Å². The molecule has 0 bridgehead atoms. The fraction of sp³-hybridized carbons (Fsp3) is 0.800. The van der Waals surface area contributed by atoms with Crippen LogP contribution >= 0.6 is 0 Å². The Kier molecular flexibility index (Phi) is 14.0. The van der Waals surface area contributed by atoms with Gasteiger partial charge in [0.05, 0.1) is 26.4 Å². The molecule has 2 N–H and O–H groups in total. The van der Waals surface area contributed by atoms with Gasteiger partial charge < -0.3 is 19.7 Å². The molecule has 0 aliphatic carbocycles. The molecule has 0 fully saturated rings. The maximum Gasteiger partial charge on any atom is 0.127 e. The summed E-state index contributed by atoms with van der Waals surface area (Å²) < 4.78 is 11.8. The average molecular weight is 751 g/mol. The van der Waals surface area contributed by atoms with Crippen LogP contribution in [0.15, 0.2) is 29.4 Å². The van der Waals surface area contributed by atoms with Crippen LogP contribution < -0.4 is 0 Å². The van der Waals surface area contributed by atoms with Gasteiger partial charge in [-0.1, -0.05) is 141 Å². The Morgan fingerprint density at radius 1 is 0.500 bits per heavy atom. The first-order valence-electron chi connectivity index (χ1n) is 21.2. The van der Waals surface area contributed by atoms with E-state index in [1.165, 1.54) is 31.3 Å². The fourth-order valence-corrected chi connectivity index (χ4v) is 13.3. The van der Waals surface area contributed by atoms with Crippen molar-refractivity contribution >= 4 is 0 Å². The van der Waals surface area contributed by atoms with Gasteiger partial charge in [-0.2, -0.15) is 0 Å². The molecule has 0 spiro atoms. The van der Waals surface area contributed by atoms with Crippen molar-refractivity contribution in [2.45, 2.75) is 194 Å². The maximum absolute atomic E-state index is 12.2. The van der Waals surface area contributed by atoms with Crippen LogP contribution in [-0.2, 0) is 14.9 Å². The number of benzene rings is 1. The molecule has 2 aliphatic heterocycles. The molecule has 4 nitrogen and oxygen atoms in total. The Morgan fingerprint density at radius 2 is 0.852 bits per heavy atom. The lowest BCUT2D eigenvalue weighted by molar-refractivity contribution is 0.0477. The van der Waals surface area contributed by atoms with Crippen LogP contribution in [0.5, 0.6) is 11.5 Å². The molecule has 0 aromatic heterocycles. The molecule has 2 heterocycles. The second kappa shape index (κ2) is 16.2. The molecule has 310 valence electrons. The van der Waals surface area contributed by atoms with Gasteiger partial charge in [-0.3, -0.25) is 0 Å². The van der Waals surface area contributed by atoms with Crippen LogP contribution in [0.2, 0.25) is 0 Å². The Morgan fingerprint density at radius 3 is 1.22 bits per heavy atom. The second-order valence-electron chi connectivity index (χ2n) is 24.9. The van der Waals surface area contributed by atoms with E-state index in [1.807, 2.05) is 0 Å². The SMILES string of the molecule is CC1=CCOCC1c1cc(C(C)(C)CC(C)(C)CC(C)(C)CC(C)(C)CC(C)(C)CC(C)(C)CC(C)(C)CC(C)(C)C)c(O)c(C2COCC=C2C)c1O. The smallest absolute Gasteiger partial charge is 0.127 e. The summed E-state index contributed by atoms with van der Waals surface area (Å²) in [7, 11) is 0. The van der Waals surface area contributed by atoms with Gasteiger partial charge in [0.1, 0.15) is 11.5 Å². The summed E-state index contributed by atoms with van der Waals surface area (Å²) in [6.45, 7) is 47.7. The van der Waals surface area contributed by atoms with Crippen molar-refractivity contribution in [2.75, 3.05) is 26.4 Å². The molecular formula is C50H86O4. The first-order chi connectivity index (χ1) is 24.2. The van der Waals surface area contributed by atoms with E-state index in [1.54, 1.807) is 0 Å². The van der Waals surface area contributed by atoms with Crippen LogP contribution in [0, 0.1) is 37.9 Å². The average Bonchev–Trinajstić information content (AvgIpc) is 2.89. The molecule has 0 saturated carbocycles. The molecule has 0 amide bonds. The molecule has 4 heteroatoms. The standard InChI is InChI=1S/C50H86O4/c1-34-20-22-53-25-37(34)36-24-39(42(52)40(41(36)51)38-26-54-23-21-35(38)2)50(18,19)33-49(16,17)32-48(14,15)31-47(12,13)30-46(10,11)29-45(8,9)28-44(6,7)27-43(3,4)5/h20-21,24,37-38,51-52H,22-23,25-33H2,1-19H3. The largest absolute Gasteiger partial charge is 0.507 e. The maximum atomic E-state index is 12.2. The van der Waals surface area contributed by atoms with Gasteiger partial charge in [-0.15, -0.1) is 0 Å². The zero-order valence-corrected chi connectivity index (χ0v) is 38.9. The third kappa shape index (κ3) is 13.1. The summed E-state index contributed by atoms with van der Waals surface area (Å²) >= 11 is 0. The van der Waals surface area contributed by atoms with E-state index >= 15 is 0 Å². The van der Waals surface area contributed by atoms with Crippen molar-refractivity contribution in [1.82, 2.24) is 0 Å². The minimum absolute atomic E-state index is 0.00256. The van der Waals surface area contributed by atoms with Crippen molar-refractivity contribution in [1.29, 1.82) is 0 Å². The zero-order valence-electron chi connectivity index (χ0n) is 38.9. The van der Waals surface area contributed by atoms with Gasteiger partial charge in [0.2, 0.25) is 0 Å². The lowest BCUT2D eigenvalue weighted by Gasteiger charge is -2.47. The van der Waals surface area contributed by atoms with Crippen LogP contribution in [0.3, 0.4) is 0 Å². The van der Waals surface area contributed by atoms with Gasteiger partial charge in [0.15, 0.2) is 0 Å². The quantitative estimate of drug-likeness (QED) is 0.165. The minimum atomic E-state index is -0.356. The predicted octanol–water partition coefficient (Wildman–Crippen LogP) is 14.4. The monoisotopic (exact) mass is 751 g/mol. The third-order valence-corrected chi connectivity index (χ3v) is 12.2. The lowest BCUT2D eigenvalue weighted by Crippen LogP contribution is -2.36. The highest BCUT2D eigenvalue weighted by molar-refractivity contribution is 5.61. The van der Waals surface area contributed by atoms with Crippen LogP contribution in [0.1, 0.15) is 205 Å². The molecule has 2 aliphatic rings. The van der Waals surface area contributed by atoms with E-state index in [9.17, 15) is 10.2 Å². The molecular weight excluding hydrogens is 665 g/mol. The van der Waals surface area contributed by atoms with Crippen LogP contribution in [0.4, 0.5) is 0 Å².